The Kier molecular flexibility index (Phi) is 5.97. The average Bonchev–Trinajstić information content (AvgIpc) is 2.46. The number of halogens is 4. The molecule has 0 aromatic heterocycles. The van der Waals surface area contributed by atoms with Gasteiger partial charge in [-0.25, -0.2) is 0 Å². The van der Waals surface area contributed by atoms with Crippen LogP contribution in [-0.4, -0.2) is 10.7 Å². The quantitative estimate of drug-likeness (QED) is 0.485. The van der Waals surface area contributed by atoms with E-state index < -0.39 is 0 Å². The molecule has 0 radical (unpaired) electrons. The van der Waals surface area contributed by atoms with E-state index in [0.29, 0.717) is 0 Å². The zero-order valence-corrected chi connectivity index (χ0v) is 15.4. The summed E-state index contributed by atoms with van der Waals surface area (Å²) in [5.74, 6) is 0. The molecule has 0 spiro atoms. The maximum Gasteiger partial charge on any atom is 0.0408 e. The van der Waals surface area contributed by atoms with Crippen LogP contribution in [0, 0.1) is 0 Å². The lowest BCUT2D eigenvalue weighted by Gasteiger charge is -2.31. The Balaban J connectivity index is 2.36. The van der Waals surface area contributed by atoms with E-state index in [1.165, 1.54) is 11.1 Å². The molecule has 0 heterocycles. The van der Waals surface area contributed by atoms with Crippen molar-refractivity contribution in [3.05, 3.63) is 69.7 Å². The largest absolute Gasteiger partial charge is 0.0918 e. The van der Waals surface area contributed by atoms with Gasteiger partial charge in [-0.15, -0.1) is 0 Å². The topological polar surface area (TPSA) is 0 Å². The number of benzene rings is 2. The summed E-state index contributed by atoms with van der Waals surface area (Å²) in [6.45, 7) is 0. The van der Waals surface area contributed by atoms with Gasteiger partial charge in [-0.2, -0.15) is 0 Å². The monoisotopic (exact) mass is 434 g/mol. The molecular formula is C16H14Br2Cl2. The van der Waals surface area contributed by atoms with Gasteiger partial charge < -0.3 is 0 Å². The highest BCUT2D eigenvalue weighted by Gasteiger charge is 2.30. The summed E-state index contributed by atoms with van der Waals surface area (Å²) >= 11 is 19.4. The van der Waals surface area contributed by atoms with Gasteiger partial charge in [0.1, 0.15) is 0 Å². The maximum absolute atomic E-state index is 6.09. The molecule has 4 heteroatoms. The zero-order valence-electron chi connectivity index (χ0n) is 10.8. The van der Waals surface area contributed by atoms with Crippen LogP contribution in [0.25, 0.3) is 0 Å². The van der Waals surface area contributed by atoms with E-state index in [9.17, 15) is 0 Å². The fourth-order valence-corrected chi connectivity index (χ4v) is 4.54. The van der Waals surface area contributed by atoms with Gasteiger partial charge in [-0.3, -0.25) is 0 Å². The second-order valence-electron chi connectivity index (χ2n) is 4.86. The van der Waals surface area contributed by atoms with Crippen LogP contribution in [0.2, 0.25) is 10.0 Å². The van der Waals surface area contributed by atoms with Crippen molar-refractivity contribution < 1.29 is 0 Å². The Labute approximate surface area is 146 Å². The number of alkyl halides is 2. The zero-order chi connectivity index (χ0) is 14.6. The molecule has 2 rings (SSSR count). The second-order valence-corrected chi connectivity index (χ2v) is 6.86. The average molecular weight is 437 g/mol. The second kappa shape index (κ2) is 7.31. The molecule has 20 heavy (non-hydrogen) atoms. The van der Waals surface area contributed by atoms with Crippen molar-refractivity contribution in [2.45, 2.75) is 11.8 Å². The lowest BCUT2D eigenvalue weighted by Crippen LogP contribution is -2.32. The van der Waals surface area contributed by atoms with Crippen molar-refractivity contribution in [3.63, 3.8) is 0 Å². The molecule has 0 fully saturated rings. The smallest absolute Gasteiger partial charge is 0.0408 e. The summed E-state index contributed by atoms with van der Waals surface area (Å²) in [7, 11) is 0. The highest BCUT2D eigenvalue weighted by Crippen LogP contribution is 2.34. The number of hydrogen-bond acceptors (Lipinski definition) is 0. The molecule has 0 aliphatic heterocycles. The minimum Gasteiger partial charge on any atom is -0.0918 e. The third-order valence-electron chi connectivity index (χ3n) is 3.40. The molecule has 0 aliphatic rings. The van der Waals surface area contributed by atoms with E-state index in [0.717, 1.165) is 27.1 Å². The molecule has 106 valence electrons. The number of hydrogen-bond donors (Lipinski definition) is 0. The van der Waals surface area contributed by atoms with Crippen molar-refractivity contribution in [1.82, 2.24) is 0 Å². The first-order chi connectivity index (χ1) is 9.59. The van der Waals surface area contributed by atoms with Gasteiger partial charge in [0.25, 0.3) is 0 Å². The fraction of sp³-hybridized carbons (Fsp3) is 0.250. The lowest BCUT2D eigenvalue weighted by molar-refractivity contribution is 0.551. The molecule has 0 aliphatic carbocycles. The summed E-state index contributed by atoms with van der Waals surface area (Å²) in [4.78, 5) is 0. The maximum atomic E-state index is 6.09. The van der Waals surface area contributed by atoms with E-state index in [-0.39, 0.29) is 5.41 Å². The Hall–Kier alpha value is -0.0200. The molecular weight excluding hydrogens is 423 g/mol. The summed E-state index contributed by atoms with van der Waals surface area (Å²) in [6.07, 6.45) is 0.908. The first kappa shape index (κ1) is 16.4. The summed E-state index contributed by atoms with van der Waals surface area (Å²) in [5, 5.41) is 3.25. The van der Waals surface area contributed by atoms with Gasteiger partial charge in [0.2, 0.25) is 0 Å². The molecule has 0 saturated heterocycles. The first-order valence-corrected chi connectivity index (χ1v) is 9.22. The van der Waals surface area contributed by atoms with Crippen LogP contribution in [0.15, 0.2) is 48.5 Å². The lowest BCUT2D eigenvalue weighted by atomic mass is 9.79. The molecule has 0 atom stereocenters. The molecule has 2 aromatic carbocycles. The first-order valence-electron chi connectivity index (χ1n) is 6.22. The minimum atomic E-state index is -0.0186. The third kappa shape index (κ3) is 3.79. The predicted octanol–water partition coefficient (Wildman–Crippen LogP) is 6.26. The van der Waals surface area contributed by atoms with Gasteiger partial charge in [-0.1, -0.05) is 79.3 Å². The van der Waals surface area contributed by atoms with E-state index >= 15 is 0 Å². The van der Waals surface area contributed by atoms with Crippen molar-refractivity contribution in [2.24, 2.45) is 0 Å². The van der Waals surface area contributed by atoms with Crippen LogP contribution in [0.3, 0.4) is 0 Å². The molecule has 0 unspecified atom stereocenters. The Morgan fingerprint density at radius 3 is 2.05 bits per heavy atom. The molecule has 0 N–H and O–H groups in total. The minimum absolute atomic E-state index is 0.0186. The SMILES string of the molecule is Clc1ccc(C(CBr)(CBr)Cc2cccc(Cl)c2)cc1. The van der Waals surface area contributed by atoms with E-state index in [4.69, 9.17) is 23.2 Å². The van der Waals surface area contributed by atoms with Crippen LogP contribution < -0.4 is 0 Å². The van der Waals surface area contributed by atoms with E-state index in [1.807, 2.05) is 30.3 Å². The Bertz CT molecular complexity index is 563. The van der Waals surface area contributed by atoms with E-state index in [2.05, 4.69) is 50.1 Å². The highest BCUT2D eigenvalue weighted by atomic mass is 79.9. The normalized spacial score (nSPS) is 11.6. The molecule has 0 bridgehead atoms. The van der Waals surface area contributed by atoms with Crippen LogP contribution in [0.4, 0.5) is 0 Å². The van der Waals surface area contributed by atoms with Gasteiger partial charge in [-0.05, 0) is 41.8 Å². The van der Waals surface area contributed by atoms with E-state index in [1.54, 1.807) is 0 Å². The van der Waals surface area contributed by atoms with Crippen LogP contribution >= 0.6 is 55.1 Å². The summed E-state index contributed by atoms with van der Waals surface area (Å²) in [5.41, 5.74) is 2.47. The van der Waals surface area contributed by atoms with Gasteiger partial charge in [0, 0.05) is 26.1 Å². The highest BCUT2D eigenvalue weighted by molar-refractivity contribution is 9.09. The summed E-state index contributed by atoms with van der Waals surface area (Å²) in [6, 6.07) is 16.1. The standard InChI is InChI=1S/C16H14Br2Cl2/c17-10-16(11-18,13-4-6-14(19)7-5-13)9-12-2-1-3-15(20)8-12/h1-8H,9-11H2. The van der Waals surface area contributed by atoms with Gasteiger partial charge >= 0.3 is 0 Å². The Morgan fingerprint density at radius 2 is 1.50 bits per heavy atom. The molecule has 0 saturated carbocycles. The van der Waals surface area contributed by atoms with Crippen molar-refractivity contribution in [3.8, 4) is 0 Å². The predicted molar refractivity (Wildman–Crippen MR) is 95.9 cm³/mol. The summed E-state index contributed by atoms with van der Waals surface area (Å²) < 4.78 is 0. The Morgan fingerprint density at radius 1 is 0.850 bits per heavy atom. The van der Waals surface area contributed by atoms with Crippen LogP contribution in [0.1, 0.15) is 11.1 Å². The molecule has 0 nitrogen and oxygen atoms in total. The van der Waals surface area contributed by atoms with Crippen molar-refractivity contribution >= 4 is 55.1 Å². The van der Waals surface area contributed by atoms with Gasteiger partial charge in [0.05, 0.1) is 0 Å². The fourth-order valence-electron chi connectivity index (χ4n) is 2.23. The van der Waals surface area contributed by atoms with Crippen LogP contribution in [0.5, 0.6) is 0 Å². The van der Waals surface area contributed by atoms with Crippen LogP contribution in [-0.2, 0) is 11.8 Å². The molecule has 0 amide bonds. The number of rotatable bonds is 5. The van der Waals surface area contributed by atoms with Gasteiger partial charge in [0.15, 0.2) is 0 Å². The van der Waals surface area contributed by atoms with Crippen molar-refractivity contribution in [1.29, 1.82) is 0 Å². The van der Waals surface area contributed by atoms with Crippen molar-refractivity contribution in [2.75, 3.05) is 10.7 Å². The molecule has 2 aromatic rings. The third-order valence-corrected chi connectivity index (χ3v) is 6.03.